The highest BCUT2D eigenvalue weighted by Gasteiger charge is 2.36. The van der Waals surface area contributed by atoms with Gasteiger partial charge >= 0.3 is 6.09 Å². The first kappa shape index (κ1) is 16.9. The van der Waals surface area contributed by atoms with Gasteiger partial charge in [-0.25, -0.2) is 9.69 Å². The molecule has 2 aromatic carbocycles. The molecular formula is C17H13ClN2O5. The van der Waals surface area contributed by atoms with Gasteiger partial charge in [0.25, 0.3) is 5.69 Å². The molecule has 0 saturated heterocycles. The third kappa shape index (κ3) is 3.19. The maximum absolute atomic E-state index is 12.5. The fraction of sp³-hybridized carbons (Fsp3) is 0.118. The van der Waals surface area contributed by atoms with E-state index < -0.39 is 17.2 Å². The van der Waals surface area contributed by atoms with Crippen LogP contribution in [-0.4, -0.2) is 17.6 Å². The molecule has 1 atom stereocenters. The van der Waals surface area contributed by atoms with Crippen molar-refractivity contribution in [2.45, 2.75) is 6.23 Å². The standard InChI is InChI=1S/C17H13ClN2O5/c1-2-9-24-16-12-5-3-4-6-15(12)25-17(21)19(16)11-7-8-13(18)14(10-11)20(22)23/h2-8,10,16H,1,9H2. The van der Waals surface area contributed by atoms with Crippen LogP contribution < -0.4 is 9.64 Å². The Hall–Kier alpha value is -2.90. The molecule has 1 amide bonds. The van der Waals surface area contributed by atoms with E-state index in [1.165, 1.54) is 23.1 Å². The number of amides is 1. The summed E-state index contributed by atoms with van der Waals surface area (Å²) in [6.07, 6.45) is 0.0333. The fourth-order valence-corrected chi connectivity index (χ4v) is 2.70. The molecule has 0 aromatic heterocycles. The summed E-state index contributed by atoms with van der Waals surface area (Å²) in [4.78, 5) is 24.2. The predicted octanol–water partition coefficient (Wildman–Crippen LogP) is 4.47. The largest absolute Gasteiger partial charge is 0.422 e. The van der Waals surface area contributed by atoms with Gasteiger partial charge in [0, 0.05) is 11.6 Å². The number of benzene rings is 2. The maximum Gasteiger partial charge on any atom is 0.422 e. The molecule has 1 unspecified atom stereocenters. The Morgan fingerprint density at radius 2 is 2.12 bits per heavy atom. The van der Waals surface area contributed by atoms with Crippen molar-refractivity contribution in [3.63, 3.8) is 0 Å². The molecule has 1 aliphatic rings. The van der Waals surface area contributed by atoms with Gasteiger partial charge in [0.2, 0.25) is 0 Å². The van der Waals surface area contributed by atoms with Crippen LogP contribution in [0.2, 0.25) is 5.02 Å². The second-order valence-corrected chi connectivity index (χ2v) is 5.55. The van der Waals surface area contributed by atoms with Crippen LogP contribution >= 0.6 is 11.6 Å². The van der Waals surface area contributed by atoms with Gasteiger partial charge < -0.3 is 9.47 Å². The Morgan fingerprint density at radius 3 is 2.84 bits per heavy atom. The highest BCUT2D eigenvalue weighted by molar-refractivity contribution is 6.32. The highest BCUT2D eigenvalue weighted by atomic mass is 35.5. The molecule has 0 aliphatic carbocycles. The van der Waals surface area contributed by atoms with Gasteiger partial charge in [0.05, 0.1) is 17.2 Å². The minimum atomic E-state index is -0.809. The zero-order valence-corrected chi connectivity index (χ0v) is 13.7. The van der Waals surface area contributed by atoms with Crippen LogP contribution in [0.4, 0.5) is 16.2 Å². The summed E-state index contributed by atoms with van der Waals surface area (Å²) in [7, 11) is 0. The Kier molecular flexibility index (Phi) is 4.69. The van der Waals surface area contributed by atoms with E-state index in [2.05, 4.69) is 6.58 Å². The first-order chi connectivity index (χ1) is 12.0. The molecule has 0 bridgehead atoms. The van der Waals surface area contributed by atoms with E-state index in [1.807, 2.05) is 0 Å². The van der Waals surface area contributed by atoms with Crippen LogP contribution in [0, 0.1) is 10.1 Å². The van der Waals surface area contributed by atoms with Gasteiger partial charge in [0.1, 0.15) is 10.8 Å². The number of anilines is 1. The van der Waals surface area contributed by atoms with E-state index in [9.17, 15) is 14.9 Å². The number of hydrogen-bond donors (Lipinski definition) is 0. The lowest BCUT2D eigenvalue weighted by molar-refractivity contribution is -0.384. The molecule has 7 nitrogen and oxygen atoms in total. The zero-order chi connectivity index (χ0) is 18.0. The van der Waals surface area contributed by atoms with E-state index in [4.69, 9.17) is 21.1 Å². The number of ether oxygens (including phenoxy) is 2. The molecule has 0 radical (unpaired) electrons. The average molecular weight is 361 g/mol. The summed E-state index contributed by atoms with van der Waals surface area (Å²) in [6, 6.07) is 11.0. The smallest absolute Gasteiger partial charge is 0.409 e. The Balaban J connectivity index is 2.09. The van der Waals surface area contributed by atoms with Crippen molar-refractivity contribution in [3.05, 3.63) is 75.8 Å². The molecule has 1 heterocycles. The van der Waals surface area contributed by atoms with Gasteiger partial charge in [-0.15, -0.1) is 6.58 Å². The first-order valence-electron chi connectivity index (χ1n) is 7.29. The average Bonchev–Trinajstić information content (AvgIpc) is 2.60. The van der Waals surface area contributed by atoms with Crippen molar-refractivity contribution in [2.75, 3.05) is 11.5 Å². The maximum atomic E-state index is 12.5. The molecule has 25 heavy (non-hydrogen) atoms. The normalized spacial score (nSPS) is 16.1. The van der Waals surface area contributed by atoms with E-state index in [0.717, 1.165) is 0 Å². The summed E-state index contributed by atoms with van der Waals surface area (Å²) in [5.41, 5.74) is 0.555. The van der Waals surface area contributed by atoms with Gasteiger partial charge in [-0.3, -0.25) is 10.1 Å². The number of fused-ring (bicyclic) bond motifs is 1. The summed E-state index contributed by atoms with van der Waals surface area (Å²) in [6.45, 7) is 3.78. The predicted molar refractivity (Wildman–Crippen MR) is 91.9 cm³/mol. The summed E-state index contributed by atoms with van der Waals surface area (Å²) < 4.78 is 11.0. The number of carbonyl (C=O) groups is 1. The van der Waals surface area contributed by atoms with Crippen molar-refractivity contribution >= 4 is 29.1 Å². The van der Waals surface area contributed by atoms with E-state index in [-0.39, 0.29) is 23.0 Å². The number of para-hydroxylation sites is 1. The Bertz CT molecular complexity index is 855. The third-order valence-corrected chi connectivity index (χ3v) is 3.91. The minimum Gasteiger partial charge on any atom is -0.409 e. The molecule has 128 valence electrons. The topological polar surface area (TPSA) is 81.9 Å². The second kappa shape index (κ2) is 6.92. The molecule has 3 rings (SSSR count). The number of nitro benzene ring substituents is 1. The lowest BCUT2D eigenvalue weighted by Gasteiger charge is -2.35. The molecule has 8 heteroatoms. The van der Waals surface area contributed by atoms with Crippen LogP contribution in [0.3, 0.4) is 0 Å². The van der Waals surface area contributed by atoms with Crippen molar-refractivity contribution in [2.24, 2.45) is 0 Å². The number of halogens is 1. The van der Waals surface area contributed by atoms with Crippen LogP contribution in [0.5, 0.6) is 5.75 Å². The quantitative estimate of drug-likeness (QED) is 0.446. The SMILES string of the molecule is C=CCOC1c2ccccc2OC(=O)N1c1ccc(Cl)c([N+](=O)[O-])c1. The van der Waals surface area contributed by atoms with Crippen LogP contribution in [0.1, 0.15) is 11.8 Å². The zero-order valence-electron chi connectivity index (χ0n) is 12.9. The second-order valence-electron chi connectivity index (χ2n) is 5.14. The molecule has 0 N–H and O–H groups in total. The summed E-state index contributed by atoms with van der Waals surface area (Å²) in [5, 5.41) is 11.1. The first-order valence-corrected chi connectivity index (χ1v) is 7.67. The number of nitro groups is 1. The Morgan fingerprint density at radius 1 is 1.36 bits per heavy atom. The monoisotopic (exact) mass is 360 g/mol. The molecule has 2 aromatic rings. The third-order valence-electron chi connectivity index (χ3n) is 3.59. The van der Waals surface area contributed by atoms with Gasteiger partial charge in [0.15, 0.2) is 6.23 Å². The molecule has 0 spiro atoms. The lowest BCUT2D eigenvalue weighted by atomic mass is 10.1. The number of hydrogen-bond acceptors (Lipinski definition) is 5. The van der Waals surface area contributed by atoms with Gasteiger partial charge in [-0.1, -0.05) is 35.9 Å². The highest BCUT2D eigenvalue weighted by Crippen LogP contribution is 2.40. The molecule has 0 saturated carbocycles. The number of carbonyl (C=O) groups excluding carboxylic acids is 1. The lowest BCUT2D eigenvalue weighted by Crippen LogP contribution is -2.42. The van der Waals surface area contributed by atoms with Gasteiger partial charge in [-0.05, 0) is 18.2 Å². The van der Waals surface area contributed by atoms with Gasteiger partial charge in [-0.2, -0.15) is 0 Å². The van der Waals surface area contributed by atoms with E-state index >= 15 is 0 Å². The summed E-state index contributed by atoms with van der Waals surface area (Å²) >= 11 is 5.85. The van der Waals surface area contributed by atoms with Crippen molar-refractivity contribution < 1.29 is 19.2 Å². The molecular weight excluding hydrogens is 348 g/mol. The van der Waals surface area contributed by atoms with E-state index in [0.29, 0.717) is 11.3 Å². The number of rotatable bonds is 5. The van der Waals surface area contributed by atoms with E-state index in [1.54, 1.807) is 30.3 Å². The Labute approximate surface area is 148 Å². The number of nitrogens with zero attached hydrogens (tertiary/aromatic N) is 2. The van der Waals surface area contributed by atoms with Crippen LogP contribution in [-0.2, 0) is 4.74 Å². The molecule has 1 aliphatic heterocycles. The van der Waals surface area contributed by atoms with Crippen molar-refractivity contribution in [1.29, 1.82) is 0 Å². The molecule has 0 fully saturated rings. The van der Waals surface area contributed by atoms with Crippen LogP contribution in [0.25, 0.3) is 0 Å². The minimum absolute atomic E-state index is 0.0249. The summed E-state index contributed by atoms with van der Waals surface area (Å²) in [5.74, 6) is 0.376. The van der Waals surface area contributed by atoms with Crippen molar-refractivity contribution in [3.8, 4) is 5.75 Å². The fourth-order valence-electron chi connectivity index (χ4n) is 2.51. The van der Waals surface area contributed by atoms with Crippen LogP contribution in [0.15, 0.2) is 55.1 Å². The van der Waals surface area contributed by atoms with Crippen molar-refractivity contribution in [1.82, 2.24) is 0 Å².